The predicted molar refractivity (Wildman–Crippen MR) is 133 cm³/mol. The van der Waals surface area contributed by atoms with E-state index >= 15 is 0 Å². The van der Waals surface area contributed by atoms with Gasteiger partial charge in [-0.3, -0.25) is 9.59 Å². The van der Waals surface area contributed by atoms with E-state index in [0.29, 0.717) is 12.3 Å². The van der Waals surface area contributed by atoms with Crippen LogP contribution in [0.5, 0.6) is 0 Å². The highest BCUT2D eigenvalue weighted by Gasteiger charge is 2.27. The molecule has 2 amide bonds. The number of nitrogens with zero attached hydrogens (tertiary/aromatic N) is 2. The minimum atomic E-state index is -0.0699. The number of carbonyl (C=O) groups excluding carboxylic acids is 2. The average molecular weight is 454 g/mol. The van der Waals surface area contributed by atoms with E-state index in [2.05, 4.69) is 53.2 Å². The van der Waals surface area contributed by atoms with Crippen molar-refractivity contribution in [3.05, 3.63) is 60.2 Å². The quantitative estimate of drug-likeness (QED) is 0.567. The molecule has 0 aromatic heterocycles. The fourth-order valence-electron chi connectivity index (χ4n) is 4.14. The molecule has 32 heavy (non-hydrogen) atoms. The van der Waals surface area contributed by atoms with Crippen LogP contribution in [0.2, 0.25) is 0 Å². The van der Waals surface area contributed by atoms with Crippen molar-refractivity contribution in [2.75, 3.05) is 37.2 Å². The molecule has 3 rings (SSSR count). The fraction of sp³-hybridized carbons (Fsp3) is 0.462. The summed E-state index contributed by atoms with van der Waals surface area (Å²) >= 11 is 1.77. The molecule has 0 unspecified atom stereocenters. The third kappa shape index (κ3) is 7.68. The van der Waals surface area contributed by atoms with Crippen LogP contribution in [-0.2, 0) is 16.0 Å². The maximum absolute atomic E-state index is 13.1. The Kier molecular flexibility index (Phi) is 9.18. The van der Waals surface area contributed by atoms with Crippen molar-refractivity contribution in [2.24, 2.45) is 5.92 Å². The second-order valence-corrected chi connectivity index (χ2v) is 9.99. The number of carbonyl (C=O) groups is 2. The van der Waals surface area contributed by atoms with Crippen LogP contribution in [0.25, 0.3) is 0 Å². The van der Waals surface area contributed by atoms with Crippen LogP contribution in [0.1, 0.15) is 32.8 Å². The van der Waals surface area contributed by atoms with Crippen LogP contribution < -0.4 is 5.32 Å². The smallest absolute Gasteiger partial charge is 0.224 e. The van der Waals surface area contributed by atoms with Crippen molar-refractivity contribution < 1.29 is 9.59 Å². The number of nitrogens with one attached hydrogen (secondary N) is 1. The van der Waals surface area contributed by atoms with Gasteiger partial charge in [-0.25, -0.2) is 0 Å². The van der Waals surface area contributed by atoms with E-state index in [4.69, 9.17) is 0 Å². The van der Waals surface area contributed by atoms with Crippen LogP contribution in [-0.4, -0.2) is 59.6 Å². The molecule has 1 fully saturated rings. The Hall–Kier alpha value is -2.31. The lowest BCUT2D eigenvalue weighted by molar-refractivity contribution is -0.132. The van der Waals surface area contributed by atoms with Gasteiger partial charge in [0.15, 0.2) is 0 Å². The Morgan fingerprint density at radius 1 is 1.03 bits per heavy atom. The molecule has 1 aliphatic heterocycles. The lowest BCUT2D eigenvalue weighted by Gasteiger charge is -2.31. The van der Waals surface area contributed by atoms with Crippen molar-refractivity contribution in [1.82, 2.24) is 9.80 Å². The number of amides is 2. The molecule has 0 radical (unpaired) electrons. The molecule has 1 atom stereocenters. The number of hydrogen-bond acceptors (Lipinski definition) is 4. The zero-order chi connectivity index (χ0) is 22.9. The third-order valence-corrected chi connectivity index (χ3v) is 6.77. The van der Waals surface area contributed by atoms with E-state index < -0.39 is 0 Å². The molecule has 0 aliphatic carbocycles. The molecule has 2 aromatic rings. The zero-order valence-corrected chi connectivity index (χ0v) is 20.2. The second kappa shape index (κ2) is 12.1. The highest BCUT2D eigenvalue weighted by molar-refractivity contribution is 7.99. The van der Waals surface area contributed by atoms with Gasteiger partial charge in [0.2, 0.25) is 11.8 Å². The molecule has 1 heterocycles. The van der Waals surface area contributed by atoms with E-state index in [1.807, 2.05) is 30.3 Å². The largest absolute Gasteiger partial charge is 0.337 e. The molecular weight excluding hydrogens is 418 g/mol. The van der Waals surface area contributed by atoms with Gasteiger partial charge in [-0.1, -0.05) is 44.2 Å². The van der Waals surface area contributed by atoms with Gasteiger partial charge in [0.25, 0.3) is 0 Å². The SMILES string of the molecule is CC(=O)Nc1ccc(SC[C@@H](Cc2ccccc2)N2CCN(CC(C)C)CCC2=O)cc1. The standard InChI is InChI=1S/C26H35N3O2S/c1-20(2)18-28-14-13-26(31)29(16-15-28)24(17-22-7-5-4-6-8-22)19-32-25-11-9-23(10-12-25)27-21(3)30/h4-12,20,24H,13-19H2,1-3H3,(H,27,30)/t24-/m1/s1. The summed E-state index contributed by atoms with van der Waals surface area (Å²) in [6, 6.07) is 18.5. The minimum Gasteiger partial charge on any atom is -0.337 e. The van der Waals surface area contributed by atoms with E-state index in [1.54, 1.807) is 11.8 Å². The van der Waals surface area contributed by atoms with Crippen molar-refractivity contribution in [1.29, 1.82) is 0 Å². The van der Waals surface area contributed by atoms with Crippen LogP contribution >= 0.6 is 11.8 Å². The van der Waals surface area contributed by atoms with Gasteiger partial charge in [0.05, 0.1) is 0 Å². The van der Waals surface area contributed by atoms with Gasteiger partial charge in [-0.2, -0.15) is 0 Å². The number of thioether (sulfide) groups is 1. The van der Waals surface area contributed by atoms with E-state index in [9.17, 15) is 9.59 Å². The maximum Gasteiger partial charge on any atom is 0.224 e. The molecule has 1 N–H and O–H groups in total. The fourth-order valence-corrected chi connectivity index (χ4v) is 5.15. The molecule has 0 spiro atoms. The van der Waals surface area contributed by atoms with Crippen LogP contribution in [0, 0.1) is 5.92 Å². The predicted octanol–water partition coefficient (Wildman–Crippen LogP) is 4.54. The molecule has 2 aromatic carbocycles. The summed E-state index contributed by atoms with van der Waals surface area (Å²) in [6.07, 6.45) is 1.45. The Balaban J connectivity index is 1.70. The summed E-state index contributed by atoms with van der Waals surface area (Å²) in [7, 11) is 0. The summed E-state index contributed by atoms with van der Waals surface area (Å²) in [5.74, 6) is 1.63. The molecule has 0 saturated carbocycles. The summed E-state index contributed by atoms with van der Waals surface area (Å²) in [5, 5.41) is 2.81. The van der Waals surface area contributed by atoms with Crippen LogP contribution in [0.3, 0.4) is 0 Å². The number of anilines is 1. The van der Waals surface area contributed by atoms with Crippen molar-refractivity contribution in [3.63, 3.8) is 0 Å². The van der Waals surface area contributed by atoms with Gasteiger partial charge in [-0.05, 0) is 42.2 Å². The van der Waals surface area contributed by atoms with Gasteiger partial charge < -0.3 is 15.1 Å². The summed E-state index contributed by atoms with van der Waals surface area (Å²) in [5.41, 5.74) is 2.06. The molecular formula is C26H35N3O2S. The van der Waals surface area contributed by atoms with E-state index in [1.165, 1.54) is 12.5 Å². The topological polar surface area (TPSA) is 52.7 Å². The molecule has 172 valence electrons. The van der Waals surface area contributed by atoms with E-state index in [0.717, 1.165) is 48.9 Å². The Morgan fingerprint density at radius 3 is 2.41 bits per heavy atom. The summed E-state index contributed by atoms with van der Waals surface area (Å²) in [4.78, 5) is 30.0. The summed E-state index contributed by atoms with van der Waals surface area (Å²) in [6.45, 7) is 9.59. The van der Waals surface area contributed by atoms with E-state index in [-0.39, 0.29) is 17.9 Å². The first-order valence-corrected chi connectivity index (χ1v) is 12.5. The first kappa shape index (κ1) is 24.3. The first-order valence-electron chi connectivity index (χ1n) is 11.5. The third-order valence-electron chi connectivity index (χ3n) is 5.61. The lowest BCUT2D eigenvalue weighted by Crippen LogP contribution is -2.44. The monoisotopic (exact) mass is 453 g/mol. The maximum atomic E-state index is 13.1. The average Bonchev–Trinajstić information content (AvgIpc) is 2.93. The highest BCUT2D eigenvalue weighted by atomic mass is 32.2. The van der Waals surface area contributed by atoms with Gasteiger partial charge in [-0.15, -0.1) is 11.8 Å². The molecule has 5 nitrogen and oxygen atoms in total. The number of rotatable bonds is 9. The van der Waals surface area contributed by atoms with Crippen molar-refractivity contribution in [3.8, 4) is 0 Å². The Labute approximate surface area is 196 Å². The molecule has 0 bridgehead atoms. The van der Waals surface area contributed by atoms with Gasteiger partial charge in [0, 0.05) is 61.9 Å². The van der Waals surface area contributed by atoms with Gasteiger partial charge >= 0.3 is 0 Å². The van der Waals surface area contributed by atoms with Crippen LogP contribution in [0.4, 0.5) is 5.69 Å². The highest BCUT2D eigenvalue weighted by Crippen LogP contribution is 2.25. The van der Waals surface area contributed by atoms with Crippen LogP contribution in [0.15, 0.2) is 59.5 Å². The number of hydrogen-bond donors (Lipinski definition) is 1. The number of benzene rings is 2. The molecule has 1 saturated heterocycles. The van der Waals surface area contributed by atoms with Crippen molar-refractivity contribution >= 4 is 29.3 Å². The summed E-state index contributed by atoms with van der Waals surface area (Å²) < 4.78 is 0. The van der Waals surface area contributed by atoms with Gasteiger partial charge in [0.1, 0.15) is 0 Å². The molecule has 1 aliphatic rings. The second-order valence-electron chi connectivity index (χ2n) is 8.89. The Bertz CT molecular complexity index is 870. The zero-order valence-electron chi connectivity index (χ0n) is 19.4. The molecule has 6 heteroatoms. The lowest BCUT2D eigenvalue weighted by atomic mass is 10.1. The minimum absolute atomic E-state index is 0.0699. The first-order chi connectivity index (χ1) is 15.4. The normalized spacial score (nSPS) is 16.1. The van der Waals surface area contributed by atoms with Crippen molar-refractivity contribution in [2.45, 2.75) is 44.6 Å². The Morgan fingerprint density at radius 2 is 1.75 bits per heavy atom.